The van der Waals surface area contributed by atoms with Gasteiger partial charge in [-0.05, 0) is 48.9 Å². The molecule has 0 spiro atoms. The van der Waals surface area contributed by atoms with Crippen molar-refractivity contribution >= 4 is 34.8 Å². The summed E-state index contributed by atoms with van der Waals surface area (Å²) in [5.41, 5.74) is 1.76. The molecule has 1 unspecified atom stereocenters. The largest absolute Gasteiger partial charge is 0.315 e. The van der Waals surface area contributed by atoms with E-state index in [0.29, 0.717) is 10.0 Å². The smallest absolute Gasteiger partial charge is 0.233 e. The lowest BCUT2D eigenvalue weighted by atomic mass is 10.00. The van der Waals surface area contributed by atoms with E-state index in [1.807, 2.05) is 31.2 Å². The molecule has 0 N–H and O–H groups in total. The van der Waals surface area contributed by atoms with Gasteiger partial charge in [0.2, 0.25) is 5.91 Å². The van der Waals surface area contributed by atoms with Gasteiger partial charge in [0.05, 0.1) is 5.92 Å². The Morgan fingerprint density at radius 3 is 1.90 bits per heavy atom. The molecule has 0 saturated heterocycles. The molecular formula is C16H15Cl2NO. The second-order valence-electron chi connectivity index (χ2n) is 4.65. The van der Waals surface area contributed by atoms with Crippen LogP contribution < -0.4 is 4.90 Å². The molecular weight excluding hydrogens is 293 g/mol. The maximum Gasteiger partial charge on any atom is 0.233 e. The van der Waals surface area contributed by atoms with Gasteiger partial charge in [0.1, 0.15) is 0 Å². The number of halogens is 2. The van der Waals surface area contributed by atoms with E-state index in [0.717, 1.165) is 11.3 Å². The summed E-state index contributed by atoms with van der Waals surface area (Å²) in [6, 6.07) is 14.5. The number of carbonyl (C=O) groups is 1. The van der Waals surface area contributed by atoms with Gasteiger partial charge in [-0.1, -0.05) is 35.3 Å². The van der Waals surface area contributed by atoms with E-state index < -0.39 is 0 Å². The molecule has 0 saturated carbocycles. The van der Waals surface area contributed by atoms with Crippen LogP contribution in [0, 0.1) is 0 Å². The van der Waals surface area contributed by atoms with Gasteiger partial charge in [-0.2, -0.15) is 0 Å². The standard InChI is InChI=1S/C16H15Cl2NO/c1-11(12-3-5-13(17)6-4-12)16(20)19(2)15-9-7-14(18)8-10-15/h3-11H,1-2H3. The minimum absolute atomic E-state index is 0.0228. The van der Waals surface area contributed by atoms with Gasteiger partial charge < -0.3 is 4.90 Å². The van der Waals surface area contributed by atoms with Crippen molar-refractivity contribution in [2.24, 2.45) is 0 Å². The van der Waals surface area contributed by atoms with Crippen LogP contribution in [-0.2, 0) is 4.79 Å². The Kier molecular flexibility index (Phi) is 4.69. The Bertz CT molecular complexity index is 539. The van der Waals surface area contributed by atoms with Crippen LogP contribution in [0.3, 0.4) is 0 Å². The number of carbonyl (C=O) groups excluding carboxylic acids is 1. The van der Waals surface area contributed by atoms with Gasteiger partial charge in [0, 0.05) is 22.8 Å². The van der Waals surface area contributed by atoms with Gasteiger partial charge in [-0.25, -0.2) is 0 Å². The first-order valence-corrected chi connectivity index (χ1v) is 7.03. The molecule has 0 aromatic heterocycles. The average molecular weight is 308 g/mol. The van der Waals surface area contributed by atoms with Crippen LogP contribution >= 0.6 is 23.2 Å². The minimum Gasteiger partial charge on any atom is -0.315 e. The van der Waals surface area contributed by atoms with Gasteiger partial charge in [0.25, 0.3) is 0 Å². The number of nitrogens with zero attached hydrogens (tertiary/aromatic N) is 1. The highest BCUT2D eigenvalue weighted by Crippen LogP contribution is 2.23. The van der Waals surface area contributed by atoms with Gasteiger partial charge in [-0.3, -0.25) is 4.79 Å². The Hall–Kier alpha value is -1.51. The molecule has 1 atom stereocenters. The number of rotatable bonds is 3. The van der Waals surface area contributed by atoms with Crippen molar-refractivity contribution < 1.29 is 4.79 Å². The normalized spacial score (nSPS) is 12.0. The maximum absolute atomic E-state index is 12.5. The molecule has 0 aliphatic rings. The fraction of sp³-hybridized carbons (Fsp3) is 0.188. The summed E-state index contributed by atoms with van der Waals surface area (Å²) in [4.78, 5) is 14.1. The minimum atomic E-state index is -0.229. The zero-order chi connectivity index (χ0) is 14.7. The monoisotopic (exact) mass is 307 g/mol. The Balaban J connectivity index is 2.17. The first kappa shape index (κ1) is 14.9. The molecule has 0 bridgehead atoms. The first-order valence-electron chi connectivity index (χ1n) is 6.27. The second-order valence-corrected chi connectivity index (χ2v) is 5.52. The summed E-state index contributed by atoms with van der Waals surface area (Å²) in [7, 11) is 1.76. The van der Waals surface area contributed by atoms with Crippen molar-refractivity contribution in [2.45, 2.75) is 12.8 Å². The molecule has 4 heteroatoms. The van der Waals surface area contributed by atoms with E-state index in [4.69, 9.17) is 23.2 Å². The highest BCUT2D eigenvalue weighted by atomic mass is 35.5. The SMILES string of the molecule is CC(C(=O)N(C)c1ccc(Cl)cc1)c1ccc(Cl)cc1. The average Bonchev–Trinajstić information content (AvgIpc) is 2.46. The lowest BCUT2D eigenvalue weighted by Crippen LogP contribution is -2.30. The van der Waals surface area contributed by atoms with Gasteiger partial charge in [-0.15, -0.1) is 0 Å². The number of benzene rings is 2. The van der Waals surface area contributed by atoms with Gasteiger partial charge in [0.15, 0.2) is 0 Å². The fourth-order valence-electron chi connectivity index (χ4n) is 1.98. The third kappa shape index (κ3) is 3.33. The molecule has 0 radical (unpaired) electrons. The molecule has 1 amide bonds. The molecule has 2 aromatic carbocycles. The summed E-state index contributed by atoms with van der Waals surface area (Å²) in [5, 5.41) is 1.32. The number of likely N-dealkylation sites (N-methyl/N-ethyl adjacent to an activating group) is 1. The predicted octanol–water partition coefficient (Wildman–Crippen LogP) is 4.76. The summed E-state index contributed by atoms with van der Waals surface area (Å²) >= 11 is 11.7. The number of anilines is 1. The van der Waals surface area contributed by atoms with Crippen LogP contribution in [0.5, 0.6) is 0 Å². The molecule has 0 heterocycles. The predicted molar refractivity (Wildman–Crippen MR) is 84.7 cm³/mol. The summed E-state index contributed by atoms with van der Waals surface area (Å²) in [6.07, 6.45) is 0. The highest BCUT2D eigenvalue weighted by molar-refractivity contribution is 6.30. The van der Waals surface area contributed by atoms with Crippen molar-refractivity contribution in [2.75, 3.05) is 11.9 Å². The van der Waals surface area contributed by atoms with Crippen LogP contribution in [0.25, 0.3) is 0 Å². The van der Waals surface area contributed by atoms with Gasteiger partial charge >= 0.3 is 0 Å². The van der Waals surface area contributed by atoms with Crippen LogP contribution in [0.15, 0.2) is 48.5 Å². The van der Waals surface area contributed by atoms with E-state index in [1.54, 1.807) is 36.2 Å². The topological polar surface area (TPSA) is 20.3 Å². The van der Waals surface area contributed by atoms with E-state index in [-0.39, 0.29) is 11.8 Å². The summed E-state index contributed by atoms with van der Waals surface area (Å²) in [6.45, 7) is 1.89. The van der Waals surface area contributed by atoms with E-state index >= 15 is 0 Å². The lowest BCUT2D eigenvalue weighted by Gasteiger charge is -2.22. The second kappa shape index (κ2) is 6.29. The lowest BCUT2D eigenvalue weighted by molar-refractivity contribution is -0.119. The third-order valence-electron chi connectivity index (χ3n) is 3.28. The molecule has 0 aliphatic carbocycles. The van der Waals surface area contributed by atoms with Crippen LogP contribution in [-0.4, -0.2) is 13.0 Å². The Morgan fingerprint density at radius 2 is 1.40 bits per heavy atom. The maximum atomic E-state index is 12.5. The third-order valence-corrected chi connectivity index (χ3v) is 3.79. The van der Waals surface area contributed by atoms with Crippen molar-refractivity contribution in [3.05, 3.63) is 64.1 Å². The number of hydrogen-bond acceptors (Lipinski definition) is 1. The molecule has 20 heavy (non-hydrogen) atoms. The first-order chi connectivity index (χ1) is 9.49. The Labute approximate surface area is 128 Å². The Morgan fingerprint density at radius 1 is 0.950 bits per heavy atom. The summed E-state index contributed by atoms with van der Waals surface area (Å²) in [5.74, 6) is -0.206. The van der Waals surface area contributed by atoms with E-state index in [9.17, 15) is 4.79 Å². The van der Waals surface area contributed by atoms with E-state index in [1.165, 1.54) is 0 Å². The molecule has 2 aromatic rings. The number of hydrogen-bond donors (Lipinski definition) is 0. The van der Waals surface area contributed by atoms with Crippen LogP contribution in [0.4, 0.5) is 5.69 Å². The zero-order valence-corrected chi connectivity index (χ0v) is 12.8. The molecule has 0 fully saturated rings. The van der Waals surface area contributed by atoms with Crippen molar-refractivity contribution in [3.8, 4) is 0 Å². The molecule has 2 nitrogen and oxygen atoms in total. The molecule has 2 rings (SSSR count). The zero-order valence-electron chi connectivity index (χ0n) is 11.3. The summed E-state index contributed by atoms with van der Waals surface area (Å²) < 4.78 is 0. The van der Waals surface area contributed by atoms with E-state index in [2.05, 4.69) is 0 Å². The molecule has 104 valence electrons. The quantitative estimate of drug-likeness (QED) is 0.800. The van der Waals surface area contributed by atoms with Crippen molar-refractivity contribution in [3.63, 3.8) is 0 Å². The fourth-order valence-corrected chi connectivity index (χ4v) is 2.23. The van der Waals surface area contributed by atoms with Crippen LogP contribution in [0.1, 0.15) is 18.4 Å². The van der Waals surface area contributed by atoms with Crippen molar-refractivity contribution in [1.82, 2.24) is 0 Å². The number of amides is 1. The van der Waals surface area contributed by atoms with Crippen LogP contribution in [0.2, 0.25) is 10.0 Å². The highest BCUT2D eigenvalue weighted by Gasteiger charge is 2.20. The molecule has 0 aliphatic heterocycles. The van der Waals surface area contributed by atoms with Crippen molar-refractivity contribution in [1.29, 1.82) is 0 Å².